The number of halogens is 1. The summed E-state index contributed by atoms with van der Waals surface area (Å²) in [6, 6.07) is 1.51. The van der Waals surface area contributed by atoms with Crippen molar-refractivity contribution in [3.8, 4) is 17.2 Å². The molecule has 0 aromatic heterocycles. The van der Waals surface area contributed by atoms with Crippen LogP contribution >= 0.6 is 11.6 Å². The van der Waals surface area contributed by atoms with E-state index in [4.69, 9.17) is 30.5 Å². The van der Waals surface area contributed by atoms with E-state index in [1.165, 1.54) is 33.5 Å². The van der Waals surface area contributed by atoms with Crippen molar-refractivity contribution in [2.24, 2.45) is 5.92 Å². The Bertz CT molecular complexity index is 769. The molecule has 7 heteroatoms. The Hall–Kier alpha value is -2.21. The van der Waals surface area contributed by atoms with Gasteiger partial charge in [0, 0.05) is 24.5 Å². The highest BCUT2D eigenvalue weighted by atomic mass is 35.5. The lowest BCUT2D eigenvalue weighted by molar-refractivity contribution is -0.129. The first-order chi connectivity index (χ1) is 11.4. The summed E-state index contributed by atoms with van der Waals surface area (Å²) >= 11 is 6.29. The maximum atomic E-state index is 13.1. The Morgan fingerprint density at radius 3 is 2.38 bits per heavy atom. The third-order valence-electron chi connectivity index (χ3n) is 4.54. The second-order valence-electron chi connectivity index (χ2n) is 5.75. The van der Waals surface area contributed by atoms with Crippen LogP contribution in [0, 0.1) is 5.92 Å². The van der Waals surface area contributed by atoms with Gasteiger partial charge in [-0.2, -0.15) is 0 Å². The first-order valence-electron chi connectivity index (χ1n) is 7.38. The summed E-state index contributed by atoms with van der Waals surface area (Å²) < 4.78 is 21.5. The normalized spacial score (nSPS) is 25.2. The lowest BCUT2D eigenvalue weighted by Gasteiger charge is -2.34. The molecule has 1 aromatic rings. The fourth-order valence-electron chi connectivity index (χ4n) is 3.23. The first kappa shape index (κ1) is 16.6. The number of benzene rings is 1. The molecule has 3 rings (SSSR count). The Morgan fingerprint density at radius 1 is 1.17 bits per heavy atom. The number of methoxy groups -OCH3 is 3. The van der Waals surface area contributed by atoms with E-state index < -0.39 is 23.1 Å². The number of hydrogen-bond acceptors (Lipinski definition) is 6. The van der Waals surface area contributed by atoms with Crippen LogP contribution in [0.3, 0.4) is 0 Å². The molecule has 2 atom stereocenters. The molecule has 0 saturated carbocycles. The number of ketones is 2. The number of carbonyl (C=O) groups is 2. The van der Waals surface area contributed by atoms with Crippen LogP contribution in [-0.4, -0.2) is 38.5 Å². The van der Waals surface area contributed by atoms with E-state index in [1.807, 2.05) is 0 Å². The smallest absolute Gasteiger partial charge is 0.236 e. The average molecular weight is 353 g/mol. The van der Waals surface area contributed by atoms with Gasteiger partial charge in [-0.1, -0.05) is 18.5 Å². The van der Waals surface area contributed by atoms with Crippen LogP contribution in [0.1, 0.15) is 23.7 Å². The van der Waals surface area contributed by atoms with Crippen LogP contribution in [0.5, 0.6) is 17.2 Å². The Kier molecular flexibility index (Phi) is 3.95. The quantitative estimate of drug-likeness (QED) is 0.779. The fraction of sp³-hybridized carbons (Fsp3) is 0.412. The molecule has 0 bridgehead atoms. The fourth-order valence-corrected chi connectivity index (χ4v) is 3.50. The monoisotopic (exact) mass is 352 g/mol. The summed E-state index contributed by atoms with van der Waals surface area (Å²) in [4.78, 5) is 25.9. The molecule has 24 heavy (non-hydrogen) atoms. The molecule has 1 spiro atoms. The first-order valence-corrected chi connectivity index (χ1v) is 7.75. The third-order valence-corrected chi connectivity index (χ3v) is 4.90. The van der Waals surface area contributed by atoms with E-state index in [0.717, 1.165) is 0 Å². The van der Waals surface area contributed by atoms with Crippen LogP contribution in [-0.2, 0) is 9.53 Å². The summed E-state index contributed by atoms with van der Waals surface area (Å²) in [5.41, 5.74) is -1.48. The third kappa shape index (κ3) is 2.02. The molecule has 1 aromatic carbocycles. The second-order valence-corrected chi connectivity index (χ2v) is 6.13. The summed E-state index contributed by atoms with van der Waals surface area (Å²) in [7, 11) is 4.36. The molecule has 1 aliphatic heterocycles. The van der Waals surface area contributed by atoms with Gasteiger partial charge in [-0.05, 0) is 0 Å². The zero-order valence-corrected chi connectivity index (χ0v) is 14.5. The molecule has 1 heterocycles. The van der Waals surface area contributed by atoms with Crippen LogP contribution in [0.15, 0.2) is 17.9 Å². The highest BCUT2D eigenvalue weighted by molar-refractivity contribution is 6.36. The molecule has 0 radical (unpaired) electrons. The molecule has 0 amide bonds. The summed E-state index contributed by atoms with van der Waals surface area (Å²) in [5, 5.41) is 0.139. The molecule has 2 aliphatic rings. The zero-order valence-electron chi connectivity index (χ0n) is 13.8. The summed E-state index contributed by atoms with van der Waals surface area (Å²) in [6.07, 6.45) is 1.71. The highest BCUT2D eigenvalue weighted by Gasteiger charge is 2.60. The maximum Gasteiger partial charge on any atom is 0.236 e. The van der Waals surface area contributed by atoms with Crippen molar-refractivity contribution in [1.82, 2.24) is 0 Å². The van der Waals surface area contributed by atoms with Crippen molar-refractivity contribution in [3.05, 3.63) is 28.5 Å². The predicted octanol–water partition coefficient (Wildman–Crippen LogP) is 2.81. The van der Waals surface area contributed by atoms with E-state index in [2.05, 4.69) is 0 Å². The minimum Gasteiger partial charge on any atom is -0.501 e. The van der Waals surface area contributed by atoms with Gasteiger partial charge in [0.25, 0.3) is 0 Å². The van der Waals surface area contributed by atoms with Gasteiger partial charge < -0.3 is 18.9 Å². The highest BCUT2D eigenvalue weighted by Crippen LogP contribution is 2.52. The van der Waals surface area contributed by atoms with E-state index >= 15 is 0 Å². The standard InChI is InChI=1S/C17H17ClO6/c1-8-5-9(21-2)6-12(19)17(8)16(20)13-10(22-3)7-11(23-4)14(18)15(13)24-17/h6-8H,5H2,1-4H3/t8-,17+/m0/s1. The van der Waals surface area contributed by atoms with Gasteiger partial charge in [-0.15, -0.1) is 0 Å². The van der Waals surface area contributed by atoms with E-state index in [-0.39, 0.29) is 22.1 Å². The Balaban J connectivity index is 2.20. The van der Waals surface area contributed by atoms with Crippen molar-refractivity contribution in [2.75, 3.05) is 21.3 Å². The number of rotatable bonds is 3. The molecular formula is C17H17ClO6. The second kappa shape index (κ2) is 5.70. The van der Waals surface area contributed by atoms with Crippen molar-refractivity contribution in [2.45, 2.75) is 18.9 Å². The number of fused-ring (bicyclic) bond motifs is 1. The van der Waals surface area contributed by atoms with Crippen molar-refractivity contribution in [1.29, 1.82) is 0 Å². The van der Waals surface area contributed by atoms with Crippen LogP contribution in [0.25, 0.3) is 0 Å². The van der Waals surface area contributed by atoms with E-state index in [1.54, 1.807) is 6.92 Å². The van der Waals surface area contributed by atoms with E-state index in [0.29, 0.717) is 17.9 Å². The summed E-state index contributed by atoms with van der Waals surface area (Å²) in [5.74, 6) is -0.139. The number of allylic oxidation sites excluding steroid dienone is 1. The minimum absolute atomic E-state index is 0.118. The molecule has 1 aliphatic carbocycles. The van der Waals surface area contributed by atoms with Gasteiger partial charge in [0.15, 0.2) is 5.75 Å². The van der Waals surface area contributed by atoms with Crippen molar-refractivity contribution < 1.29 is 28.5 Å². The van der Waals surface area contributed by atoms with Crippen LogP contribution in [0.2, 0.25) is 5.02 Å². The maximum absolute atomic E-state index is 13.1. The number of ether oxygens (including phenoxy) is 4. The molecular weight excluding hydrogens is 336 g/mol. The number of hydrogen-bond donors (Lipinski definition) is 0. The van der Waals surface area contributed by atoms with Gasteiger partial charge in [-0.25, -0.2) is 0 Å². The summed E-state index contributed by atoms with van der Waals surface area (Å²) in [6.45, 7) is 1.77. The molecule has 0 saturated heterocycles. The van der Waals surface area contributed by atoms with E-state index in [9.17, 15) is 9.59 Å². The largest absolute Gasteiger partial charge is 0.501 e. The molecule has 6 nitrogen and oxygen atoms in total. The van der Waals surface area contributed by atoms with Crippen molar-refractivity contribution in [3.63, 3.8) is 0 Å². The lowest BCUT2D eigenvalue weighted by atomic mass is 9.75. The van der Waals surface area contributed by atoms with Crippen LogP contribution in [0.4, 0.5) is 0 Å². The topological polar surface area (TPSA) is 71.1 Å². The van der Waals surface area contributed by atoms with Crippen molar-refractivity contribution >= 4 is 23.2 Å². The van der Waals surface area contributed by atoms with Gasteiger partial charge in [0.1, 0.15) is 22.1 Å². The van der Waals surface area contributed by atoms with Gasteiger partial charge in [0.2, 0.25) is 17.2 Å². The zero-order chi connectivity index (χ0) is 17.6. The minimum atomic E-state index is -1.65. The van der Waals surface area contributed by atoms with Gasteiger partial charge in [0.05, 0.1) is 27.1 Å². The number of carbonyl (C=O) groups excluding carboxylic acids is 2. The molecule has 0 fully saturated rings. The van der Waals surface area contributed by atoms with Crippen LogP contribution < -0.4 is 14.2 Å². The molecule has 128 valence electrons. The van der Waals surface area contributed by atoms with Gasteiger partial charge >= 0.3 is 0 Å². The predicted molar refractivity (Wildman–Crippen MR) is 86.1 cm³/mol. The Labute approximate surface area is 144 Å². The molecule has 0 unspecified atom stereocenters. The SMILES string of the molecule is COC1=CC(=O)[C@]2(Oc3c(Cl)c(OC)cc(OC)c3C2=O)[C@@H](C)C1. The lowest BCUT2D eigenvalue weighted by Crippen LogP contribution is -2.54. The molecule has 0 N–H and O–H groups in total. The van der Waals surface area contributed by atoms with Gasteiger partial charge in [-0.3, -0.25) is 9.59 Å². The Morgan fingerprint density at radius 2 is 1.83 bits per heavy atom. The number of Topliss-reactive ketones (excluding diaryl/α,β-unsaturated/α-hetero) is 1. The average Bonchev–Trinajstić information content (AvgIpc) is 2.88.